The summed E-state index contributed by atoms with van der Waals surface area (Å²) in [5, 5.41) is 0. The standard InChI is InChI=1S/C16H15BrO3S/c1-11-6-7-15(8-12(11)2)21(19,20)10-16(18)13-4-3-5-14(17)9-13/h3-9H,10H2,1-2H3. The van der Waals surface area contributed by atoms with Gasteiger partial charge in [0.15, 0.2) is 15.6 Å². The smallest absolute Gasteiger partial charge is 0.185 e. The lowest BCUT2D eigenvalue weighted by molar-refractivity contribution is 0.102. The summed E-state index contributed by atoms with van der Waals surface area (Å²) in [6.07, 6.45) is 0. The van der Waals surface area contributed by atoms with Crippen molar-refractivity contribution in [2.24, 2.45) is 0 Å². The molecule has 3 nitrogen and oxygen atoms in total. The molecule has 0 aliphatic rings. The first kappa shape index (κ1) is 15.9. The summed E-state index contributed by atoms with van der Waals surface area (Å²) in [5.41, 5.74) is 2.30. The lowest BCUT2D eigenvalue weighted by Crippen LogP contribution is -2.16. The van der Waals surface area contributed by atoms with Crippen molar-refractivity contribution in [2.45, 2.75) is 18.7 Å². The van der Waals surface area contributed by atoms with Crippen molar-refractivity contribution in [3.63, 3.8) is 0 Å². The number of halogens is 1. The molecular weight excluding hydrogens is 352 g/mol. The Balaban J connectivity index is 2.29. The van der Waals surface area contributed by atoms with Gasteiger partial charge in [0.2, 0.25) is 0 Å². The predicted octanol–water partition coefficient (Wildman–Crippen LogP) is 3.72. The fourth-order valence-corrected chi connectivity index (χ4v) is 3.62. The van der Waals surface area contributed by atoms with Crippen LogP contribution in [0.15, 0.2) is 51.8 Å². The van der Waals surface area contributed by atoms with Crippen molar-refractivity contribution in [1.29, 1.82) is 0 Å². The van der Waals surface area contributed by atoms with Gasteiger partial charge < -0.3 is 0 Å². The Morgan fingerprint density at radius 2 is 1.76 bits per heavy atom. The number of ketones is 1. The van der Waals surface area contributed by atoms with Crippen LogP contribution >= 0.6 is 15.9 Å². The fourth-order valence-electron chi connectivity index (χ4n) is 1.91. The summed E-state index contributed by atoms with van der Waals surface area (Å²) in [7, 11) is -3.62. The quantitative estimate of drug-likeness (QED) is 0.774. The third-order valence-electron chi connectivity index (χ3n) is 3.31. The second-order valence-corrected chi connectivity index (χ2v) is 7.84. The molecule has 110 valence electrons. The van der Waals surface area contributed by atoms with Crippen LogP contribution in [0.3, 0.4) is 0 Å². The van der Waals surface area contributed by atoms with E-state index in [2.05, 4.69) is 15.9 Å². The molecule has 0 heterocycles. The summed E-state index contributed by atoms with van der Waals surface area (Å²) in [6, 6.07) is 11.6. The first-order valence-electron chi connectivity index (χ1n) is 6.38. The molecule has 0 amide bonds. The Bertz CT molecular complexity index is 795. The van der Waals surface area contributed by atoms with Crippen LogP contribution in [0.2, 0.25) is 0 Å². The molecule has 0 atom stereocenters. The van der Waals surface area contributed by atoms with E-state index in [0.717, 1.165) is 15.6 Å². The minimum Gasteiger partial charge on any atom is -0.293 e. The van der Waals surface area contributed by atoms with Gasteiger partial charge >= 0.3 is 0 Å². The van der Waals surface area contributed by atoms with Gasteiger partial charge in [-0.05, 0) is 49.2 Å². The topological polar surface area (TPSA) is 51.2 Å². The van der Waals surface area contributed by atoms with Crippen molar-refractivity contribution < 1.29 is 13.2 Å². The number of carbonyl (C=O) groups excluding carboxylic acids is 1. The highest BCUT2D eigenvalue weighted by molar-refractivity contribution is 9.10. The van der Waals surface area contributed by atoms with Gasteiger partial charge in [-0.2, -0.15) is 0 Å². The van der Waals surface area contributed by atoms with E-state index in [4.69, 9.17) is 0 Å². The fraction of sp³-hybridized carbons (Fsp3) is 0.188. The normalized spacial score (nSPS) is 11.4. The van der Waals surface area contributed by atoms with Crippen molar-refractivity contribution in [1.82, 2.24) is 0 Å². The highest BCUT2D eigenvalue weighted by atomic mass is 79.9. The maximum Gasteiger partial charge on any atom is 0.185 e. The van der Waals surface area contributed by atoms with E-state index in [1.807, 2.05) is 13.8 Å². The van der Waals surface area contributed by atoms with Crippen molar-refractivity contribution in [3.8, 4) is 0 Å². The molecule has 0 fully saturated rings. The summed E-state index contributed by atoms with van der Waals surface area (Å²) in [4.78, 5) is 12.3. The average molecular weight is 367 g/mol. The molecule has 0 saturated carbocycles. The zero-order valence-electron chi connectivity index (χ0n) is 11.8. The molecule has 0 radical (unpaired) electrons. The Morgan fingerprint density at radius 3 is 2.38 bits per heavy atom. The van der Waals surface area contributed by atoms with Gasteiger partial charge in [-0.15, -0.1) is 0 Å². The second kappa shape index (κ2) is 6.12. The van der Waals surface area contributed by atoms with Gasteiger partial charge in [-0.3, -0.25) is 4.79 Å². The molecular formula is C16H15BrO3S. The summed E-state index contributed by atoms with van der Waals surface area (Å²) in [5.74, 6) is -0.930. The van der Waals surface area contributed by atoms with E-state index in [-0.39, 0.29) is 4.90 Å². The van der Waals surface area contributed by atoms with Crippen LogP contribution in [-0.2, 0) is 9.84 Å². The molecule has 0 aliphatic heterocycles. The second-order valence-electron chi connectivity index (χ2n) is 4.94. The first-order valence-corrected chi connectivity index (χ1v) is 8.83. The Labute approximate surface area is 133 Å². The molecule has 0 bridgehead atoms. The van der Waals surface area contributed by atoms with Crippen LogP contribution in [0.1, 0.15) is 21.5 Å². The van der Waals surface area contributed by atoms with Crippen LogP contribution in [0.4, 0.5) is 0 Å². The first-order chi connectivity index (χ1) is 9.79. The molecule has 0 spiro atoms. The molecule has 0 unspecified atom stereocenters. The maximum absolute atomic E-state index is 12.3. The third kappa shape index (κ3) is 3.80. The van der Waals surface area contributed by atoms with Crippen molar-refractivity contribution >= 4 is 31.6 Å². The minimum absolute atomic E-state index is 0.189. The van der Waals surface area contributed by atoms with Crippen LogP contribution in [0.25, 0.3) is 0 Å². The van der Waals surface area contributed by atoms with E-state index >= 15 is 0 Å². The van der Waals surface area contributed by atoms with Gasteiger partial charge in [-0.1, -0.05) is 34.1 Å². The van der Waals surface area contributed by atoms with E-state index < -0.39 is 21.4 Å². The molecule has 0 N–H and O–H groups in total. The molecule has 0 aromatic heterocycles. The number of sulfone groups is 1. The number of benzene rings is 2. The number of hydrogen-bond donors (Lipinski definition) is 0. The minimum atomic E-state index is -3.62. The Morgan fingerprint density at radius 1 is 1.05 bits per heavy atom. The SMILES string of the molecule is Cc1ccc(S(=O)(=O)CC(=O)c2cccc(Br)c2)cc1C. The summed E-state index contributed by atoms with van der Waals surface area (Å²) in [6.45, 7) is 3.77. The van der Waals surface area contributed by atoms with Crippen LogP contribution < -0.4 is 0 Å². The number of hydrogen-bond acceptors (Lipinski definition) is 3. The van der Waals surface area contributed by atoms with Gasteiger partial charge in [0, 0.05) is 10.0 Å². The number of carbonyl (C=O) groups is 1. The molecule has 2 rings (SSSR count). The van der Waals surface area contributed by atoms with E-state index in [9.17, 15) is 13.2 Å². The van der Waals surface area contributed by atoms with Crippen LogP contribution in [-0.4, -0.2) is 20.0 Å². The lowest BCUT2D eigenvalue weighted by Gasteiger charge is -2.07. The monoisotopic (exact) mass is 366 g/mol. The van der Waals surface area contributed by atoms with E-state index in [0.29, 0.717) is 5.56 Å². The molecule has 0 saturated heterocycles. The largest absolute Gasteiger partial charge is 0.293 e. The average Bonchev–Trinajstić information content (AvgIpc) is 2.41. The summed E-state index contributed by atoms with van der Waals surface area (Å²) >= 11 is 3.27. The molecule has 21 heavy (non-hydrogen) atoms. The highest BCUT2D eigenvalue weighted by Gasteiger charge is 2.20. The molecule has 2 aromatic rings. The number of aryl methyl sites for hydroxylation is 2. The van der Waals surface area contributed by atoms with E-state index in [1.165, 1.54) is 0 Å². The number of Topliss-reactive ketones (excluding diaryl/α,β-unsaturated/α-hetero) is 1. The maximum atomic E-state index is 12.3. The highest BCUT2D eigenvalue weighted by Crippen LogP contribution is 2.18. The lowest BCUT2D eigenvalue weighted by atomic mass is 10.1. The van der Waals surface area contributed by atoms with Gasteiger partial charge in [0.1, 0.15) is 5.75 Å². The zero-order valence-corrected chi connectivity index (χ0v) is 14.2. The van der Waals surface area contributed by atoms with E-state index in [1.54, 1.807) is 42.5 Å². The Kier molecular flexibility index (Phi) is 4.64. The van der Waals surface area contributed by atoms with Crippen molar-refractivity contribution in [2.75, 3.05) is 5.75 Å². The molecule has 5 heteroatoms. The number of rotatable bonds is 4. The summed E-state index contributed by atoms with van der Waals surface area (Å²) < 4.78 is 25.4. The van der Waals surface area contributed by atoms with Crippen LogP contribution in [0, 0.1) is 13.8 Å². The zero-order chi connectivity index (χ0) is 15.6. The van der Waals surface area contributed by atoms with Gasteiger partial charge in [0.05, 0.1) is 4.90 Å². The molecule has 0 aliphatic carbocycles. The third-order valence-corrected chi connectivity index (χ3v) is 5.41. The van der Waals surface area contributed by atoms with Gasteiger partial charge in [0.25, 0.3) is 0 Å². The predicted molar refractivity (Wildman–Crippen MR) is 86.4 cm³/mol. The Hall–Kier alpha value is -1.46. The van der Waals surface area contributed by atoms with Crippen LogP contribution in [0.5, 0.6) is 0 Å². The van der Waals surface area contributed by atoms with Gasteiger partial charge in [-0.25, -0.2) is 8.42 Å². The molecule has 2 aromatic carbocycles. The van der Waals surface area contributed by atoms with Crippen molar-refractivity contribution in [3.05, 3.63) is 63.6 Å².